The molecule has 3 heterocycles. The molecule has 3 saturated heterocycles. The number of ether oxygens (including phenoxy) is 1. The lowest BCUT2D eigenvalue weighted by atomic mass is 9.66. The quantitative estimate of drug-likeness (QED) is 0.345. The van der Waals surface area contributed by atoms with Crippen LogP contribution in [0.1, 0.15) is 53.4 Å². The molecular weight excluding hydrogens is 542 g/mol. The van der Waals surface area contributed by atoms with Crippen molar-refractivity contribution in [3.8, 4) is 0 Å². The van der Waals surface area contributed by atoms with E-state index in [1.54, 1.807) is 46.2 Å². The number of rotatable bonds is 13. The minimum absolute atomic E-state index is 0.152. The predicted molar refractivity (Wildman–Crippen MR) is 160 cm³/mol. The molecule has 0 aromatic heterocycles. The Kier molecular flexibility index (Phi) is 9.36. The van der Waals surface area contributed by atoms with E-state index in [0.717, 1.165) is 6.42 Å². The van der Waals surface area contributed by atoms with Crippen molar-refractivity contribution in [3.63, 3.8) is 0 Å². The lowest BCUT2D eigenvalue weighted by Gasteiger charge is -2.40. The molecule has 3 amide bonds. The molecule has 1 aromatic rings. The second-order valence-corrected chi connectivity index (χ2v) is 12.6. The summed E-state index contributed by atoms with van der Waals surface area (Å²) in [5.41, 5.74) is -1.60. The molecule has 8 nitrogen and oxygen atoms in total. The monoisotopic (exact) mass is 585 g/mol. The number of para-hydroxylation sites is 1. The average molecular weight is 586 g/mol. The fourth-order valence-electron chi connectivity index (χ4n) is 7.40. The van der Waals surface area contributed by atoms with Crippen LogP contribution in [0.3, 0.4) is 0 Å². The maximum atomic E-state index is 14.8. The number of hydrogen-bond acceptors (Lipinski definition) is 5. The third kappa shape index (κ3) is 5.23. The van der Waals surface area contributed by atoms with E-state index in [9.17, 15) is 19.5 Å². The Morgan fingerprint density at radius 1 is 1.20 bits per heavy atom. The number of benzene rings is 1. The molecule has 1 spiro atoms. The van der Waals surface area contributed by atoms with E-state index in [1.165, 1.54) is 4.90 Å². The van der Waals surface area contributed by atoms with Gasteiger partial charge in [-0.1, -0.05) is 56.7 Å². The highest BCUT2D eigenvalue weighted by molar-refractivity contribution is 6.34. The highest BCUT2D eigenvalue weighted by Crippen LogP contribution is 2.64. The van der Waals surface area contributed by atoms with E-state index in [-0.39, 0.29) is 36.8 Å². The van der Waals surface area contributed by atoms with Gasteiger partial charge in [-0.15, -0.1) is 13.2 Å². The van der Waals surface area contributed by atoms with E-state index in [1.807, 2.05) is 27.7 Å². The van der Waals surface area contributed by atoms with Crippen LogP contribution >= 0.6 is 11.6 Å². The van der Waals surface area contributed by atoms with E-state index in [2.05, 4.69) is 13.2 Å². The summed E-state index contributed by atoms with van der Waals surface area (Å²) in [6.45, 7) is 16.4. The van der Waals surface area contributed by atoms with Crippen molar-refractivity contribution in [2.24, 2.45) is 17.8 Å². The van der Waals surface area contributed by atoms with Gasteiger partial charge in [0.2, 0.25) is 11.8 Å². The minimum Gasteiger partial charge on any atom is -0.394 e. The van der Waals surface area contributed by atoms with Crippen LogP contribution in [0.15, 0.2) is 49.6 Å². The first-order valence-corrected chi connectivity index (χ1v) is 15.1. The van der Waals surface area contributed by atoms with Crippen LogP contribution in [0.25, 0.3) is 0 Å². The standard InChI is InChI=1S/C32H44ClN3O5/c1-7-16-34(17-8-2)28(38)25-26-29(39)36(22(20-37)19-21(4)5)27(32(26)15-14-31(25,6)41-32)30(40)35(18-9-3)24-13-11-10-12-23(24)33/h7,9-13,21-22,25-27,37H,1,3,8,14-20H2,2,4-6H3/t22-,25+,26+,27?,31-,32?/m1/s1. The zero-order valence-corrected chi connectivity index (χ0v) is 25.5. The van der Waals surface area contributed by atoms with Crippen LogP contribution in [-0.2, 0) is 19.1 Å². The molecule has 0 aliphatic carbocycles. The van der Waals surface area contributed by atoms with Gasteiger partial charge in [-0.2, -0.15) is 0 Å². The smallest absolute Gasteiger partial charge is 0.253 e. The Hall–Kier alpha value is -2.68. The summed E-state index contributed by atoms with van der Waals surface area (Å²) in [5.74, 6) is -2.25. The normalized spacial score (nSPS) is 29.0. The van der Waals surface area contributed by atoms with Crippen molar-refractivity contribution >= 4 is 35.0 Å². The second-order valence-electron chi connectivity index (χ2n) is 12.2. The lowest BCUT2D eigenvalue weighted by Crippen LogP contribution is -2.59. The van der Waals surface area contributed by atoms with E-state index in [0.29, 0.717) is 43.1 Å². The molecule has 9 heteroatoms. The number of fused-ring (bicyclic) bond motifs is 1. The van der Waals surface area contributed by atoms with Crippen LogP contribution < -0.4 is 4.90 Å². The number of hydrogen-bond donors (Lipinski definition) is 1. The van der Waals surface area contributed by atoms with Crippen LogP contribution in [0, 0.1) is 17.8 Å². The first-order valence-electron chi connectivity index (χ1n) is 14.7. The predicted octanol–water partition coefficient (Wildman–Crippen LogP) is 4.46. The number of likely N-dealkylation sites (tertiary alicyclic amines) is 1. The summed E-state index contributed by atoms with van der Waals surface area (Å²) in [7, 11) is 0. The van der Waals surface area contributed by atoms with Crippen molar-refractivity contribution in [2.45, 2.75) is 76.7 Å². The lowest BCUT2D eigenvalue weighted by molar-refractivity contribution is -0.152. The van der Waals surface area contributed by atoms with Gasteiger partial charge in [0.05, 0.1) is 40.8 Å². The maximum Gasteiger partial charge on any atom is 0.253 e. The van der Waals surface area contributed by atoms with Crippen molar-refractivity contribution in [2.75, 3.05) is 31.1 Å². The SMILES string of the molecule is C=CCN(CCC)C(=O)[C@@H]1[C@H]2C(=O)N([C@@H](CO)CC(C)C)C(C(=O)N(CC=C)c3ccccc3Cl)C23CC[C@@]1(C)O3. The van der Waals surface area contributed by atoms with Crippen LogP contribution in [0.2, 0.25) is 5.02 Å². The molecule has 3 aliphatic heterocycles. The molecule has 1 aromatic carbocycles. The molecule has 2 bridgehead atoms. The Morgan fingerprint density at radius 3 is 2.46 bits per heavy atom. The fourth-order valence-corrected chi connectivity index (χ4v) is 7.64. The Labute approximate surface area is 248 Å². The maximum absolute atomic E-state index is 14.8. The molecule has 1 N–H and O–H groups in total. The second kappa shape index (κ2) is 12.3. The van der Waals surface area contributed by atoms with Gasteiger partial charge < -0.3 is 24.5 Å². The Balaban J connectivity index is 1.87. The van der Waals surface area contributed by atoms with Crippen molar-refractivity contribution in [3.05, 3.63) is 54.6 Å². The Morgan fingerprint density at radius 2 is 1.88 bits per heavy atom. The van der Waals surface area contributed by atoms with Gasteiger partial charge in [-0.25, -0.2) is 0 Å². The number of aliphatic hydroxyl groups excluding tert-OH is 1. The van der Waals surface area contributed by atoms with Crippen LogP contribution in [0.4, 0.5) is 5.69 Å². The summed E-state index contributed by atoms with van der Waals surface area (Å²) in [6.07, 6.45) is 5.56. The van der Waals surface area contributed by atoms with Gasteiger partial charge in [0.25, 0.3) is 5.91 Å². The fraction of sp³-hybridized carbons (Fsp3) is 0.594. The topological polar surface area (TPSA) is 90.4 Å². The molecule has 3 fully saturated rings. The van der Waals surface area contributed by atoms with Gasteiger partial charge in [0.15, 0.2) is 0 Å². The molecule has 0 radical (unpaired) electrons. The molecule has 2 unspecified atom stereocenters. The summed E-state index contributed by atoms with van der Waals surface area (Å²) >= 11 is 6.56. The number of aliphatic hydroxyl groups is 1. The number of nitrogens with zero attached hydrogens (tertiary/aromatic N) is 3. The Bertz CT molecular complexity index is 1190. The average Bonchev–Trinajstić information content (AvgIpc) is 3.50. The molecule has 3 aliphatic rings. The summed E-state index contributed by atoms with van der Waals surface area (Å²) in [4.78, 5) is 48.3. The number of carbonyl (C=O) groups excluding carboxylic acids is 3. The van der Waals surface area contributed by atoms with Gasteiger partial charge in [-0.3, -0.25) is 14.4 Å². The largest absolute Gasteiger partial charge is 0.394 e. The number of halogens is 1. The minimum atomic E-state index is -1.21. The van der Waals surface area contributed by atoms with Gasteiger partial charge in [0.1, 0.15) is 11.6 Å². The zero-order chi connectivity index (χ0) is 30.1. The van der Waals surface area contributed by atoms with E-state index in [4.69, 9.17) is 16.3 Å². The number of amides is 3. The molecule has 41 heavy (non-hydrogen) atoms. The number of carbonyl (C=O) groups is 3. The molecule has 224 valence electrons. The highest BCUT2D eigenvalue weighted by atomic mass is 35.5. The van der Waals surface area contributed by atoms with Crippen molar-refractivity contribution < 1.29 is 24.2 Å². The van der Waals surface area contributed by atoms with Gasteiger partial charge in [0, 0.05) is 19.6 Å². The zero-order valence-electron chi connectivity index (χ0n) is 24.7. The first kappa shape index (κ1) is 31.3. The van der Waals surface area contributed by atoms with Crippen LogP contribution in [-0.4, -0.2) is 82.2 Å². The third-order valence-electron chi connectivity index (χ3n) is 8.94. The van der Waals surface area contributed by atoms with E-state index >= 15 is 0 Å². The first-order chi connectivity index (χ1) is 19.5. The van der Waals surface area contributed by atoms with Gasteiger partial charge >= 0.3 is 0 Å². The van der Waals surface area contributed by atoms with Crippen LogP contribution in [0.5, 0.6) is 0 Å². The molecule has 6 atom stereocenters. The molecule has 0 saturated carbocycles. The molecule has 4 rings (SSSR count). The summed E-state index contributed by atoms with van der Waals surface area (Å²) in [6, 6.07) is 5.41. The number of anilines is 1. The van der Waals surface area contributed by atoms with Gasteiger partial charge in [-0.05, 0) is 50.7 Å². The summed E-state index contributed by atoms with van der Waals surface area (Å²) < 4.78 is 6.82. The van der Waals surface area contributed by atoms with E-state index < -0.39 is 35.1 Å². The molecular formula is C32H44ClN3O5. The summed E-state index contributed by atoms with van der Waals surface area (Å²) in [5, 5.41) is 11.0. The third-order valence-corrected chi connectivity index (χ3v) is 9.26. The van der Waals surface area contributed by atoms with Crippen molar-refractivity contribution in [1.82, 2.24) is 9.80 Å². The van der Waals surface area contributed by atoms with Crippen molar-refractivity contribution in [1.29, 1.82) is 0 Å². The highest BCUT2D eigenvalue weighted by Gasteiger charge is 2.78.